The van der Waals surface area contributed by atoms with Crippen molar-refractivity contribution in [2.75, 3.05) is 23.3 Å². The largest absolute Gasteiger partial charge is 0.347 e. The molecule has 3 heterocycles. The highest BCUT2D eigenvalue weighted by Gasteiger charge is 2.47. The first kappa shape index (κ1) is 20.2. The fourth-order valence-corrected chi connectivity index (χ4v) is 5.31. The highest BCUT2D eigenvalue weighted by Crippen LogP contribution is 2.50. The van der Waals surface area contributed by atoms with Crippen LogP contribution in [0.1, 0.15) is 56.0 Å². The number of rotatable bonds is 4. The molecule has 6 heteroatoms. The van der Waals surface area contributed by atoms with Crippen LogP contribution in [0.3, 0.4) is 0 Å². The Morgan fingerprint density at radius 3 is 2.77 bits per heavy atom. The Bertz CT molecular complexity index is 1030. The average molecular weight is 418 g/mol. The van der Waals surface area contributed by atoms with Crippen LogP contribution < -0.4 is 15.5 Å². The van der Waals surface area contributed by atoms with Crippen molar-refractivity contribution in [2.45, 2.75) is 52.1 Å². The Morgan fingerprint density at radius 1 is 1.26 bits per heavy atom. The van der Waals surface area contributed by atoms with Crippen molar-refractivity contribution >= 4 is 23.1 Å². The fourth-order valence-electron chi connectivity index (χ4n) is 5.31. The maximum Gasteiger partial charge on any atom is 0.224 e. The molecule has 31 heavy (non-hydrogen) atoms. The van der Waals surface area contributed by atoms with E-state index in [1.165, 1.54) is 29.5 Å². The van der Waals surface area contributed by atoms with Crippen LogP contribution in [-0.2, 0) is 4.79 Å². The lowest BCUT2D eigenvalue weighted by Crippen LogP contribution is -2.51. The maximum absolute atomic E-state index is 12.8. The molecule has 0 radical (unpaired) electrons. The van der Waals surface area contributed by atoms with E-state index in [2.05, 4.69) is 56.7 Å². The number of fused-ring (bicyclic) bond motifs is 1. The van der Waals surface area contributed by atoms with Crippen molar-refractivity contribution in [3.8, 4) is 0 Å². The molecular weight excluding hydrogens is 386 g/mol. The molecule has 1 fully saturated rings. The number of nitrogens with one attached hydrogen (secondary N) is 2. The molecule has 1 aliphatic carbocycles. The van der Waals surface area contributed by atoms with Gasteiger partial charge in [-0.25, -0.2) is 9.97 Å². The van der Waals surface area contributed by atoms with Gasteiger partial charge in [-0.3, -0.25) is 4.79 Å². The van der Waals surface area contributed by atoms with Gasteiger partial charge >= 0.3 is 0 Å². The van der Waals surface area contributed by atoms with Crippen molar-refractivity contribution in [1.82, 2.24) is 15.3 Å². The predicted molar refractivity (Wildman–Crippen MR) is 124 cm³/mol. The molecule has 2 aliphatic heterocycles. The Morgan fingerprint density at radius 2 is 2.10 bits per heavy atom. The molecule has 1 saturated carbocycles. The lowest BCUT2D eigenvalue weighted by atomic mass is 9.79. The average Bonchev–Trinajstić information content (AvgIpc) is 3.60. The molecule has 0 saturated heterocycles. The quantitative estimate of drug-likeness (QED) is 0.784. The van der Waals surface area contributed by atoms with Gasteiger partial charge in [0.2, 0.25) is 11.9 Å². The summed E-state index contributed by atoms with van der Waals surface area (Å²) in [6.45, 7) is 7.86. The Balaban J connectivity index is 1.61. The van der Waals surface area contributed by atoms with Crippen molar-refractivity contribution in [2.24, 2.45) is 11.8 Å². The van der Waals surface area contributed by atoms with Gasteiger partial charge in [0.25, 0.3) is 0 Å². The zero-order chi connectivity index (χ0) is 21.5. The summed E-state index contributed by atoms with van der Waals surface area (Å²) in [5.74, 6) is 1.61. The molecule has 2 unspecified atom stereocenters. The minimum atomic E-state index is 0.0558. The monoisotopic (exact) mass is 417 g/mol. The molecule has 3 aliphatic rings. The summed E-state index contributed by atoms with van der Waals surface area (Å²) in [5, 5.41) is 7.03. The lowest BCUT2D eigenvalue weighted by molar-refractivity contribution is -0.117. The Kier molecular flexibility index (Phi) is 5.26. The van der Waals surface area contributed by atoms with E-state index in [4.69, 9.17) is 0 Å². The SMILES string of the molecule is CC(=O)N1c2ccc(C3=CCNCC3)cc2C(Nc2nccc(C)n2)[C@@H](C)C1C1CC1. The minimum Gasteiger partial charge on any atom is -0.347 e. The lowest BCUT2D eigenvalue weighted by Gasteiger charge is -2.46. The van der Waals surface area contributed by atoms with E-state index in [0.717, 1.165) is 30.9 Å². The third-order valence-corrected chi connectivity index (χ3v) is 6.94. The zero-order valence-corrected chi connectivity index (χ0v) is 18.6. The number of aryl methyl sites for hydroxylation is 1. The molecule has 0 spiro atoms. The highest BCUT2D eigenvalue weighted by atomic mass is 16.2. The fraction of sp³-hybridized carbons (Fsp3) is 0.480. The molecule has 0 bridgehead atoms. The van der Waals surface area contributed by atoms with E-state index >= 15 is 0 Å². The maximum atomic E-state index is 12.8. The predicted octanol–water partition coefficient (Wildman–Crippen LogP) is 4.10. The van der Waals surface area contributed by atoms with Crippen LogP contribution in [-0.4, -0.2) is 35.0 Å². The first-order valence-corrected chi connectivity index (χ1v) is 11.4. The first-order chi connectivity index (χ1) is 15.0. The third-order valence-electron chi connectivity index (χ3n) is 6.94. The molecule has 1 aromatic carbocycles. The molecule has 5 rings (SSSR count). The van der Waals surface area contributed by atoms with Crippen LogP contribution in [0.15, 0.2) is 36.5 Å². The Labute approximate surface area is 184 Å². The van der Waals surface area contributed by atoms with Crippen molar-refractivity contribution in [3.63, 3.8) is 0 Å². The molecule has 1 amide bonds. The number of aromatic nitrogens is 2. The number of hydrogen-bond acceptors (Lipinski definition) is 5. The van der Waals surface area contributed by atoms with E-state index in [0.29, 0.717) is 11.9 Å². The molecule has 162 valence electrons. The molecule has 3 atom stereocenters. The van der Waals surface area contributed by atoms with Crippen LogP contribution in [0.4, 0.5) is 11.6 Å². The van der Waals surface area contributed by atoms with E-state index in [1.54, 1.807) is 13.1 Å². The summed E-state index contributed by atoms with van der Waals surface area (Å²) in [5.41, 5.74) is 5.77. The second-order valence-corrected chi connectivity index (χ2v) is 9.18. The van der Waals surface area contributed by atoms with E-state index in [1.807, 2.05) is 13.0 Å². The van der Waals surface area contributed by atoms with Crippen LogP contribution in [0.25, 0.3) is 5.57 Å². The van der Waals surface area contributed by atoms with E-state index < -0.39 is 0 Å². The molecular formula is C25H31N5O. The topological polar surface area (TPSA) is 70.2 Å². The molecule has 1 aromatic heterocycles. The summed E-state index contributed by atoms with van der Waals surface area (Å²) >= 11 is 0. The first-order valence-electron chi connectivity index (χ1n) is 11.4. The summed E-state index contributed by atoms with van der Waals surface area (Å²) < 4.78 is 0. The number of nitrogens with zero attached hydrogens (tertiary/aromatic N) is 3. The third kappa shape index (κ3) is 3.85. The van der Waals surface area contributed by atoms with Gasteiger partial charge in [-0.15, -0.1) is 0 Å². The second kappa shape index (κ2) is 8.08. The normalized spacial score (nSPS) is 25.6. The van der Waals surface area contributed by atoms with Crippen molar-refractivity contribution in [1.29, 1.82) is 0 Å². The van der Waals surface area contributed by atoms with Gasteiger partial charge in [-0.1, -0.05) is 19.1 Å². The second-order valence-electron chi connectivity index (χ2n) is 9.18. The van der Waals surface area contributed by atoms with Gasteiger partial charge in [0.1, 0.15) is 0 Å². The number of carbonyl (C=O) groups is 1. The van der Waals surface area contributed by atoms with E-state index in [9.17, 15) is 4.79 Å². The van der Waals surface area contributed by atoms with E-state index in [-0.39, 0.29) is 23.9 Å². The van der Waals surface area contributed by atoms with Gasteiger partial charge in [-0.05, 0) is 73.5 Å². The van der Waals surface area contributed by atoms with Gasteiger partial charge in [-0.2, -0.15) is 0 Å². The van der Waals surface area contributed by atoms with Crippen LogP contribution in [0.5, 0.6) is 0 Å². The zero-order valence-electron chi connectivity index (χ0n) is 18.6. The van der Waals surface area contributed by atoms with Gasteiger partial charge in [0.05, 0.1) is 6.04 Å². The minimum absolute atomic E-state index is 0.0558. The van der Waals surface area contributed by atoms with Crippen LogP contribution >= 0.6 is 0 Å². The summed E-state index contributed by atoms with van der Waals surface area (Å²) in [4.78, 5) is 23.9. The molecule has 6 nitrogen and oxygen atoms in total. The standard InChI is InChI=1S/C25H31N5O/c1-15-8-13-27-25(28-15)29-23-16(2)24(19-4-5-19)30(17(3)31)22-7-6-20(14-21(22)23)18-9-11-26-12-10-18/h6-9,13-14,16,19,23-24,26H,4-5,10-12H2,1-3H3,(H,27,28,29)/t16-,23?,24?/m1/s1. The number of amides is 1. The van der Waals surface area contributed by atoms with Crippen molar-refractivity contribution in [3.05, 3.63) is 53.4 Å². The number of hydrogen-bond donors (Lipinski definition) is 2. The molecule has 2 aromatic rings. The van der Waals surface area contributed by atoms with Crippen LogP contribution in [0.2, 0.25) is 0 Å². The Hall–Kier alpha value is -2.73. The van der Waals surface area contributed by atoms with Crippen molar-refractivity contribution < 1.29 is 4.79 Å². The summed E-state index contributed by atoms with van der Waals surface area (Å²) in [6, 6.07) is 8.80. The number of carbonyl (C=O) groups excluding carboxylic acids is 1. The number of benzene rings is 1. The highest BCUT2D eigenvalue weighted by molar-refractivity contribution is 5.94. The van der Waals surface area contributed by atoms with Gasteiger partial charge in [0, 0.05) is 43.0 Å². The van der Waals surface area contributed by atoms with Gasteiger partial charge in [0.15, 0.2) is 0 Å². The summed E-state index contributed by atoms with van der Waals surface area (Å²) in [6.07, 6.45) is 7.49. The van der Waals surface area contributed by atoms with Crippen LogP contribution in [0, 0.1) is 18.8 Å². The molecule has 2 N–H and O–H groups in total. The van der Waals surface area contributed by atoms with Gasteiger partial charge < -0.3 is 15.5 Å². The number of anilines is 2. The summed E-state index contributed by atoms with van der Waals surface area (Å²) in [7, 11) is 0. The smallest absolute Gasteiger partial charge is 0.224 e.